The third kappa shape index (κ3) is 4.47. The van der Waals surface area contributed by atoms with E-state index in [2.05, 4.69) is 25.3 Å². The van der Waals surface area contributed by atoms with E-state index < -0.39 is 6.09 Å². The van der Waals surface area contributed by atoms with Crippen molar-refractivity contribution in [2.45, 2.75) is 12.8 Å². The molecule has 0 bridgehead atoms. The highest BCUT2D eigenvalue weighted by Gasteiger charge is 2.27. The van der Waals surface area contributed by atoms with Gasteiger partial charge in [-0.1, -0.05) is 0 Å². The summed E-state index contributed by atoms with van der Waals surface area (Å²) in [5.74, 6) is 0.503. The molecule has 26 heavy (non-hydrogen) atoms. The Hall–Kier alpha value is -3.16. The Bertz CT molecular complexity index is 751. The number of anilines is 3. The average Bonchev–Trinajstić information content (AvgIpc) is 2.70. The van der Waals surface area contributed by atoms with Crippen LogP contribution < -0.4 is 15.5 Å². The Morgan fingerprint density at radius 2 is 1.77 bits per heavy atom. The highest BCUT2D eigenvalue weighted by molar-refractivity contribution is 5.93. The third-order valence-electron chi connectivity index (χ3n) is 4.21. The molecule has 136 valence electrons. The number of rotatable bonds is 4. The molecule has 1 unspecified atom stereocenters. The fraction of sp³-hybridized carbons (Fsp3) is 0.333. The fourth-order valence-corrected chi connectivity index (χ4v) is 2.88. The Balaban J connectivity index is 1.58. The third-order valence-corrected chi connectivity index (χ3v) is 4.21. The minimum absolute atomic E-state index is 0.0284. The first kappa shape index (κ1) is 17.7. The summed E-state index contributed by atoms with van der Waals surface area (Å²) in [5.41, 5.74) is 1.28. The van der Waals surface area contributed by atoms with Gasteiger partial charge in [-0.05, 0) is 43.2 Å². The van der Waals surface area contributed by atoms with E-state index in [1.54, 1.807) is 42.7 Å². The van der Waals surface area contributed by atoms with Gasteiger partial charge in [0.25, 0.3) is 0 Å². The number of ether oxygens (including phenoxy) is 1. The van der Waals surface area contributed by atoms with Gasteiger partial charge in [-0.25, -0.2) is 14.8 Å². The van der Waals surface area contributed by atoms with Crippen molar-refractivity contribution in [3.05, 3.63) is 42.7 Å². The first-order valence-electron chi connectivity index (χ1n) is 8.43. The second kappa shape index (κ2) is 8.28. The summed E-state index contributed by atoms with van der Waals surface area (Å²) in [7, 11) is 1.30. The number of nitrogens with zero attached hydrogens (tertiary/aromatic N) is 3. The maximum Gasteiger partial charge on any atom is 0.411 e. The molecule has 2 amide bonds. The lowest BCUT2D eigenvalue weighted by molar-refractivity contribution is -0.120. The first-order chi connectivity index (χ1) is 12.7. The van der Waals surface area contributed by atoms with Gasteiger partial charge >= 0.3 is 6.09 Å². The molecule has 1 fully saturated rings. The first-order valence-corrected chi connectivity index (χ1v) is 8.43. The summed E-state index contributed by atoms with van der Waals surface area (Å²) >= 11 is 0. The van der Waals surface area contributed by atoms with Crippen molar-refractivity contribution >= 4 is 29.3 Å². The lowest BCUT2D eigenvalue weighted by Gasteiger charge is -2.31. The monoisotopic (exact) mass is 355 g/mol. The maximum atomic E-state index is 12.6. The van der Waals surface area contributed by atoms with Crippen LogP contribution in [0.3, 0.4) is 0 Å². The molecule has 1 atom stereocenters. The minimum atomic E-state index is -0.535. The SMILES string of the molecule is COC(=O)Nc1ccc(NC(=O)C2CCCN(c3ncccn3)C2)cc1. The Labute approximate surface area is 151 Å². The van der Waals surface area contributed by atoms with Crippen LogP contribution in [0.1, 0.15) is 12.8 Å². The van der Waals surface area contributed by atoms with Crippen LogP contribution in [0.5, 0.6) is 0 Å². The standard InChI is InChI=1S/C18H21N5O3/c1-26-18(25)22-15-7-5-14(6-8-15)21-16(24)13-4-2-11-23(12-13)17-19-9-3-10-20-17/h3,5-10,13H,2,4,11-12H2,1H3,(H,21,24)(H,22,25). The van der Waals surface area contributed by atoms with Crippen molar-refractivity contribution in [2.75, 3.05) is 35.7 Å². The largest absolute Gasteiger partial charge is 0.453 e. The Kier molecular flexibility index (Phi) is 5.62. The van der Waals surface area contributed by atoms with Crippen LogP contribution in [-0.2, 0) is 9.53 Å². The molecular formula is C18H21N5O3. The molecule has 0 radical (unpaired) electrons. The number of hydrogen-bond acceptors (Lipinski definition) is 6. The van der Waals surface area contributed by atoms with E-state index in [-0.39, 0.29) is 11.8 Å². The number of amides is 2. The van der Waals surface area contributed by atoms with Gasteiger partial charge in [0.2, 0.25) is 11.9 Å². The quantitative estimate of drug-likeness (QED) is 0.875. The van der Waals surface area contributed by atoms with Crippen molar-refractivity contribution in [1.29, 1.82) is 0 Å². The fourth-order valence-electron chi connectivity index (χ4n) is 2.88. The lowest BCUT2D eigenvalue weighted by atomic mass is 9.97. The molecule has 2 aromatic rings. The summed E-state index contributed by atoms with van der Waals surface area (Å²) in [6.07, 6.45) is 4.62. The molecule has 1 aliphatic rings. The molecule has 0 spiro atoms. The lowest BCUT2D eigenvalue weighted by Crippen LogP contribution is -2.41. The number of aromatic nitrogens is 2. The minimum Gasteiger partial charge on any atom is -0.453 e. The van der Waals surface area contributed by atoms with Crippen LogP contribution in [0.2, 0.25) is 0 Å². The summed E-state index contributed by atoms with van der Waals surface area (Å²) in [6, 6.07) is 8.67. The van der Waals surface area contributed by atoms with Gasteiger partial charge in [0.15, 0.2) is 0 Å². The van der Waals surface area contributed by atoms with Crippen molar-refractivity contribution in [3.8, 4) is 0 Å². The average molecular weight is 355 g/mol. The highest BCUT2D eigenvalue weighted by Crippen LogP contribution is 2.22. The second-order valence-corrected chi connectivity index (χ2v) is 6.02. The van der Waals surface area contributed by atoms with Crippen molar-refractivity contribution in [1.82, 2.24) is 9.97 Å². The molecule has 3 rings (SSSR count). The van der Waals surface area contributed by atoms with E-state index in [1.807, 2.05) is 4.90 Å². The van der Waals surface area contributed by atoms with Gasteiger partial charge in [-0.3, -0.25) is 10.1 Å². The second-order valence-electron chi connectivity index (χ2n) is 6.02. The number of nitrogens with one attached hydrogen (secondary N) is 2. The van der Waals surface area contributed by atoms with Gasteiger partial charge in [-0.15, -0.1) is 0 Å². The normalized spacial score (nSPS) is 16.7. The van der Waals surface area contributed by atoms with Gasteiger partial charge in [0, 0.05) is 36.9 Å². The van der Waals surface area contributed by atoms with E-state index >= 15 is 0 Å². The summed E-state index contributed by atoms with van der Waals surface area (Å²) < 4.78 is 4.54. The smallest absolute Gasteiger partial charge is 0.411 e. The van der Waals surface area contributed by atoms with E-state index in [4.69, 9.17) is 0 Å². The van der Waals surface area contributed by atoms with Crippen LogP contribution in [0.15, 0.2) is 42.7 Å². The number of carbonyl (C=O) groups excluding carboxylic acids is 2. The van der Waals surface area contributed by atoms with Gasteiger partial charge in [0.05, 0.1) is 13.0 Å². The zero-order valence-corrected chi connectivity index (χ0v) is 14.5. The number of methoxy groups -OCH3 is 1. The molecule has 1 aromatic heterocycles. The van der Waals surface area contributed by atoms with E-state index in [9.17, 15) is 9.59 Å². The van der Waals surface area contributed by atoms with Gasteiger partial charge in [0.1, 0.15) is 0 Å². The van der Waals surface area contributed by atoms with Crippen LogP contribution in [0.25, 0.3) is 0 Å². The molecule has 0 saturated carbocycles. The topological polar surface area (TPSA) is 96.5 Å². The van der Waals surface area contributed by atoms with Gasteiger partial charge in [-0.2, -0.15) is 0 Å². The summed E-state index contributed by atoms with van der Waals surface area (Å²) in [5, 5.41) is 5.49. The number of benzene rings is 1. The van der Waals surface area contributed by atoms with E-state index in [1.165, 1.54) is 7.11 Å². The van der Waals surface area contributed by atoms with Crippen molar-refractivity contribution < 1.29 is 14.3 Å². The van der Waals surface area contributed by atoms with Crippen molar-refractivity contribution in [3.63, 3.8) is 0 Å². The Morgan fingerprint density at radius 1 is 1.12 bits per heavy atom. The number of piperidine rings is 1. The molecule has 1 saturated heterocycles. The molecule has 8 nitrogen and oxygen atoms in total. The summed E-state index contributed by atoms with van der Waals surface area (Å²) in [6.45, 7) is 1.44. The predicted octanol–water partition coefficient (Wildman–Crippen LogP) is 2.51. The highest BCUT2D eigenvalue weighted by atomic mass is 16.5. The summed E-state index contributed by atoms with van der Waals surface area (Å²) in [4.78, 5) is 34.3. The van der Waals surface area contributed by atoms with E-state index in [0.29, 0.717) is 23.9 Å². The van der Waals surface area contributed by atoms with E-state index in [0.717, 1.165) is 19.4 Å². The van der Waals surface area contributed by atoms with Crippen LogP contribution >= 0.6 is 0 Å². The molecule has 8 heteroatoms. The van der Waals surface area contributed by atoms with Crippen LogP contribution in [0.4, 0.5) is 22.1 Å². The Morgan fingerprint density at radius 3 is 2.42 bits per heavy atom. The zero-order chi connectivity index (χ0) is 18.4. The molecule has 2 heterocycles. The van der Waals surface area contributed by atoms with Crippen LogP contribution in [-0.4, -0.2) is 42.2 Å². The molecule has 2 N–H and O–H groups in total. The molecule has 1 aromatic carbocycles. The molecule has 1 aliphatic heterocycles. The number of hydrogen-bond donors (Lipinski definition) is 2. The van der Waals surface area contributed by atoms with Gasteiger partial charge < -0.3 is 15.0 Å². The maximum absolute atomic E-state index is 12.6. The predicted molar refractivity (Wildman–Crippen MR) is 98.1 cm³/mol. The van der Waals surface area contributed by atoms with Crippen molar-refractivity contribution in [2.24, 2.45) is 5.92 Å². The van der Waals surface area contributed by atoms with Crippen LogP contribution in [0, 0.1) is 5.92 Å². The zero-order valence-electron chi connectivity index (χ0n) is 14.5. The molecule has 0 aliphatic carbocycles. The number of carbonyl (C=O) groups is 2. The molecular weight excluding hydrogens is 334 g/mol.